The van der Waals surface area contributed by atoms with Gasteiger partial charge in [-0.15, -0.1) is 0 Å². The number of benzene rings is 1. The molecule has 0 atom stereocenters. The zero-order chi connectivity index (χ0) is 16.4. The minimum absolute atomic E-state index is 1.30. The van der Waals surface area contributed by atoms with Crippen LogP contribution >= 0.6 is 7.60 Å². The van der Waals surface area contributed by atoms with Crippen molar-refractivity contribution in [3.8, 4) is 0 Å². The number of nitrogens with one attached hydrogen (secondary N) is 1. The molecule has 0 aromatic heterocycles. The molecule has 0 bridgehead atoms. The molecule has 0 aliphatic carbocycles. The fourth-order valence-corrected chi connectivity index (χ4v) is 1.56. The maximum Gasteiger partial charge on any atom is 0.344 e. The third-order valence-corrected chi connectivity index (χ3v) is 2.63. The Hall–Kier alpha value is -2.13. The Balaban J connectivity index is 3.35. The van der Waals surface area contributed by atoms with Crippen LogP contribution in [-0.4, -0.2) is 22.0 Å². The summed E-state index contributed by atoms with van der Waals surface area (Å²) in [5.74, 6) is -10.4. The summed E-state index contributed by atoms with van der Waals surface area (Å²) in [6.07, 6.45) is -1.30. The highest BCUT2D eigenvalue weighted by atomic mass is 31.2. The van der Waals surface area contributed by atoms with Gasteiger partial charge in [0.25, 0.3) is 5.91 Å². The highest BCUT2D eigenvalue weighted by Crippen LogP contribution is 2.33. The second-order valence-corrected chi connectivity index (χ2v) is 5.14. The molecule has 0 radical (unpaired) electrons. The van der Waals surface area contributed by atoms with E-state index in [-0.39, 0.29) is 0 Å². The lowest BCUT2D eigenvalue weighted by molar-refractivity contribution is 0.0946. The highest BCUT2D eigenvalue weighted by Gasteiger charge is 2.29. The van der Waals surface area contributed by atoms with E-state index in [0.717, 1.165) is 0 Å². The van der Waals surface area contributed by atoms with Gasteiger partial charge in [-0.25, -0.2) is 17.6 Å². The molecule has 8 nitrogen and oxygen atoms in total. The van der Waals surface area contributed by atoms with E-state index in [0.29, 0.717) is 0 Å². The number of azide groups is 1. The minimum Gasteiger partial charge on any atom is -0.340 e. The van der Waals surface area contributed by atoms with Crippen LogP contribution in [0.5, 0.6) is 0 Å². The van der Waals surface area contributed by atoms with E-state index in [2.05, 4.69) is 5.11 Å². The maximum absolute atomic E-state index is 13.5. The van der Waals surface area contributed by atoms with Crippen molar-refractivity contribution in [1.29, 1.82) is 0 Å². The van der Waals surface area contributed by atoms with Gasteiger partial charge in [0.05, 0.1) is 0 Å². The van der Waals surface area contributed by atoms with Crippen molar-refractivity contribution < 1.29 is 36.7 Å². The summed E-state index contributed by atoms with van der Waals surface area (Å²) in [7, 11) is -4.75. The molecule has 1 aromatic carbocycles. The van der Waals surface area contributed by atoms with Gasteiger partial charge in [-0.3, -0.25) is 9.36 Å². The van der Waals surface area contributed by atoms with Crippen LogP contribution in [0.2, 0.25) is 0 Å². The molecule has 0 spiro atoms. The lowest BCUT2D eigenvalue weighted by Gasteiger charge is -2.10. The van der Waals surface area contributed by atoms with Gasteiger partial charge in [-0.2, -0.15) is 0 Å². The third-order valence-electron chi connectivity index (χ3n) is 2.06. The average Bonchev–Trinajstić information content (AvgIpc) is 2.38. The molecule has 21 heavy (non-hydrogen) atoms. The molecule has 0 fully saturated rings. The zero-order valence-corrected chi connectivity index (χ0v) is 10.6. The van der Waals surface area contributed by atoms with Gasteiger partial charge in [-0.1, -0.05) is 5.11 Å². The molecule has 0 aliphatic rings. The van der Waals surface area contributed by atoms with E-state index in [1.807, 2.05) is 4.91 Å². The summed E-state index contributed by atoms with van der Waals surface area (Å²) in [6.45, 7) is 0. The lowest BCUT2D eigenvalue weighted by Crippen LogP contribution is -2.27. The Kier molecular flexibility index (Phi) is 4.92. The van der Waals surface area contributed by atoms with Gasteiger partial charge in [0.2, 0.25) is 0 Å². The number of hydrogen-bond acceptors (Lipinski definition) is 3. The second-order valence-electron chi connectivity index (χ2n) is 3.50. The van der Waals surface area contributed by atoms with E-state index in [1.54, 1.807) is 0 Å². The first-order valence-electron chi connectivity index (χ1n) is 4.84. The standard InChI is InChI=1S/C8H5F4N4O4P/c9-3-2(8(17)14-1-21(18,19)20)4(10)6(12)7(5(3)11)15-16-13/h1H2,(H,14,17)(H2,18,19,20). The van der Waals surface area contributed by atoms with Crippen molar-refractivity contribution in [2.24, 2.45) is 5.11 Å². The Morgan fingerprint density at radius 1 is 1.19 bits per heavy atom. The van der Waals surface area contributed by atoms with Gasteiger partial charge in [-0.05, 0) is 5.53 Å². The van der Waals surface area contributed by atoms with Crippen LogP contribution in [0, 0.1) is 23.3 Å². The summed E-state index contributed by atoms with van der Waals surface area (Å²) < 4.78 is 64.1. The number of hydrogen-bond donors (Lipinski definition) is 3. The molecule has 1 rings (SSSR count). The van der Waals surface area contributed by atoms with Gasteiger partial charge >= 0.3 is 7.60 Å². The molecule has 0 saturated heterocycles. The van der Waals surface area contributed by atoms with Crippen LogP contribution in [-0.2, 0) is 4.57 Å². The number of amides is 1. The fourth-order valence-electron chi connectivity index (χ4n) is 1.22. The summed E-state index contributed by atoms with van der Waals surface area (Å²) in [6, 6.07) is 0. The van der Waals surface area contributed by atoms with Crippen molar-refractivity contribution in [2.45, 2.75) is 0 Å². The molecule has 1 aromatic rings. The first kappa shape index (κ1) is 16.9. The first-order chi connectivity index (χ1) is 9.60. The van der Waals surface area contributed by atoms with E-state index >= 15 is 0 Å². The number of nitrogens with zero attached hydrogens (tertiary/aromatic N) is 3. The zero-order valence-electron chi connectivity index (χ0n) is 9.72. The molecule has 1 amide bonds. The largest absolute Gasteiger partial charge is 0.344 e. The third kappa shape index (κ3) is 3.70. The van der Waals surface area contributed by atoms with Crippen LogP contribution in [0.1, 0.15) is 10.4 Å². The van der Waals surface area contributed by atoms with Gasteiger partial charge in [0.1, 0.15) is 17.5 Å². The number of halogens is 4. The van der Waals surface area contributed by atoms with E-state index in [1.165, 1.54) is 5.32 Å². The molecular weight excluding hydrogens is 323 g/mol. The maximum atomic E-state index is 13.5. The molecule has 0 unspecified atom stereocenters. The quantitative estimate of drug-likeness (QED) is 0.195. The number of rotatable bonds is 4. The molecule has 0 aliphatic heterocycles. The van der Waals surface area contributed by atoms with Crippen molar-refractivity contribution in [3.05, 3.63) is 39.3 Å². The van der Waals surface area contributed by atoms with Gasteiger partial charge in [0, 0.05) is 4.91 Å². The van der Waals surface area contributed by atoms with Crippen molar-refractivity contribution in [2.75, 3.05) is 6.29 Å². The Morgan fingerprint density at radius 3 is 2.05 bits per heavy atom. The Labute approximate surface area is 113 Å². The Morgan fingerprint density at radius 2 is 1.67 bits per heavy atom. The van der Waals surface area contributed by atoms with Crippen molar-refractivity contribution in [3.63, 3.8) is 0 Å². The van der Waals surface area contributed by atoms with Crippen molar-refractivity contribution >= 4 is 19.2 Å². The summed E-state index contributed by atoms with van der Waals surface area (Å²) >= 11 is 0. The van der Waals surface area contributed by atoms with Crippen LogP contribution < -0.4 is 5.32 Å². The summed E-state index contributed by atoms with van der Waals surface area (Å²) in [4.78, 5) is 30.3. The molecule has 0 heterocycles. The summed E-state index contributed by atoms with van der Waals surface area (Å²) in [5.41, 5.74) is 4.66. The lowest BCUT2D eigenvalue weighted by atomic mass is 10.1. The van der Waals surface area contributed by atoms with E-state index < -0.39 is 54.3 Å². The highest BCUT2D eigenvalue weighted by molar-refractivity contribution is 7.51. The number of carbonyl (C=O) groups is 1. The first-order valence-corrected chi connectivity index (χ1v) is 6.63. The summed E-state index contributed by atoms with van der Waals surface area (Å²) in [5, 5.41) is 3.82. The topological polar surface area (TPSA) is 135 Å². The average molecular weight is 328 g/mol. The SMILES string of the molecule is [N-]=[N+]=Nc1c(F)c(F)c(C(=O)NCP(=O)(O)O)c(F)c1F. The van der Waals surface area contributed by atoms with Crippen LogP contribution in [0.15, 0.2) is 5.11 Å². The normalized spacial score (nSPS) is 11.0. The second kappa shape index (κ2) is 6.10. The van der Waals surface area contributed by atoms with Crippen LogP contribution in [0.3, 0.4) is 0 Å². The molecular formula is C8H5F4N4O4P. The molecule has 114 valence electrons. The number of carbonyl (C=O) groups excluding carboxylic acids is 1. The van der Waals surface area contributed by atoms with Crippen LogP contribution in [0.4, 0.5) is 23.2 Å². The van der Waals surface area contributed by atoms with Crippen molar-refractivity contribution in [1.82, 2.24) is 5.32 Å². The van der Waals surface area contributed by atoms with E-state index in [4.69, 9.17) is 15.3 Å². The fraction of sp³-hybridized carbons (Fsp3) is 0.125. The van der Waals surface area contributed by atoms with Gasteiger partial charge in [0.15, 0.2) is 23.3 Å². The van der Waals surface area contributed by atoms with E-state index in [9.17, 15) is 26.9 Å². The monoisotopic (exact) mass is 328 g/mol. The molecule has 3 N–H and O–H groups in total. The minimum atomic E-state index is -4.75. The smallest absolute Gasteiger partial charge is 0.340 e. The van der Waals surface area contributed by atoms with Crippen LogP contribution in [0.25, 0.3) is 10.4 Å². The predicted octanol–water partition coefficient (Wildman–Crippen LogP) is 2.05. The van der Waals surface area contributed by atoms with Gasteiger partial charge < -0.3 is 15.1 Å². The molecule has 13 heteroatoms. The predicted molar refractivity (Wildman–Crippen MR) is 59.5 cm³/mol. The Bertz CT molecular complexity index is 671. The molecule has 0 saturated carbocycles.